The first kappa shape index (κ1) is 76.5. The van der Waals surface area contributed by atoms with Crippen molar-refractivity contribution in [2.24, 2.45) is 16.5 Å². The molecule has 2 aromatic heterocycles. The number of aliphatic imine (C=N–C) groups is 1. The van der Waals surface area contributed by atoms with E-state index in [1.807, 2.05) is 130 Å². The zero-order valence-corrected chi connectivity index (χ0v) is 59.2. The first-order chi connectivity index (χ1) is 50.1. The van der Waals surface area contributed by atoms with E-state index in [9.17, 15) is 25.4 Å². The number of nitrogens with one attached hydrogen (secondary N) is 1. The van der Waals surface area contributed by atoms with E-state index in [4.69, 9.17) is 73.5 Å². The van der Waals surface area contributed by atoms with Crippen molar-refractivity contribution in [1.29, 1.82) is 10.5 Å². The zero-order valence-electron chi connectivity index (χ0n) is 57.6. The fourth-order valence-corrected chi connectivity index (χ4v) is 11.7. The van der Waals surface area contributed by atoms with Crippen LogP contribution in [0.3, 0.4) is 0 Å². The van der Waals surface area contributed by atoms with Crippen LogP contribution in [0.25, 0.3) is 22.3 Å². The summed E-state index contributed by atoms with van der Waals surface area (Å²) in [7, 11) is 0. The van der Waals surface area contributed by atoms with Crippen LogP contribution in [0.4, 0.5) is 0 Å². The summed E-state index contributed by atoms with van der Waals surface area (Å²) in [5.74, 6) is 3.43. The predicted molar refractivity (Wildman–Crippen MR) is 399 cm³/mol. The van der Waals surface area contributed by atoms with Gasteiger partial charge in [-0.05, 0) is 131 Å². The van der Waals surface area contributed by atoms with E-state index >= 15 is 0 Å². The maximum Gasteiger partial charge on any atom is 0.153 e. The molecule has 9 N–H and O–H groups in total. The molecule has 0 spiro atoms. The average molecular weight is 1430 g/mol. The van der Waals surface area contributed by atoms with Crippen LogP contribution in [0.5, 0.6) is 34.5 Å². The van der Waals surface area contributed by atoms with Gasteiger partial charge in [-0.2, -0.15) is 10.5 Å². The number of carbonyl (C=O) groups is 1. The van der Waals surface area contributed by atoms with Crippen molar-refractivity contribution in [3.63, 3.8) is 0 Å². The normalized spacial score (nSPS) is 12.8. The third-order valence-corrected chi connectivity index (χ3v) is 17.9. The van der Waals surface area contributed by atoms with E-state index < -0.39 is 12.2 Å². The Bertz CT molecular complexity index is 4610. The van der Waals surface area contributed by atoms with Gasteiger partial charge in [-0.3, -0.25) is 19.8 Å². The number of hydrogen-bond acceptors (Lipinski definition) is 19. The standard InChI is InChI=1S/C41H39ClN4O5.C38H33ClN2O5.C3H10N2O/c1-26-31(10-6-11-34(26)35-12-7-13-38(27(35)2)50-25-32(22-47)30-8-4-3-5-9-30)24-51-40-16-39(49-23-29-14-28(17-43)18-44-19-29)36(15-37(40)42)41-45-20-33(48)21-46-41;1-25-30(23-46-38-16-37(31(20-42)15-35(38)39)44-22-28-14-27(17-40)18-41-19-28)10-6-11-33(25)34-12-7-13-36(26(34)2)45-24-32(21-43)29-8-4-3-5-9-29;4-1-3(6)2-5/h3-16,18-19,32-33,47-48H,20-25H2,1-2H3,(H,45,46);3-16,18-20,32,43H,21-24H2,1-2H3;3,6H,1-2,4-5H2. The molecule has 3 unspecified atom stereocenters. The number of halogens is 2. The molecule has 0 radical (unpaired) electrons. The number of pyridine rings is 2. The number of aliphatic hydroxyl groups excluding tert-OH is 4. The number of carbonyl (C=O) groups excluding carboxylic acids is 1. The van der Waals surface area contributed by atoms with Crippen molar-refractivity contribution >= 4 is 35.3 Å². The van der Waals surface area contributed by atoms with Gasteiger partial charge >= 0.3 is 0 Å². The Morgan fingerprint density at radius 1 is 0.524 bits per heavy atom. The summed E-state index contributed by atoms with van der Waals surface area (Å²) in [6, 6.07) is 58.1. The van der Waals surface area contributed by atoms with Gasteiger partial charge in [0.15, 0.2) is 6.29 Å². The lowest BCUT2D eigenvalue weighted by Gasteiger charge is -2.22. The van der Waals surface area contributed by atoms with E-state index in [-0.39, 0.29) is 81.7 Å². The van der Waals surface area contributed by atoms with Crippen molar-refractivity contribution in [3.05, 3.63) is 283 Å². The lowest BCUT2D eigenvalue weighted by molar-refractivity contribution is 0.111. The van der Waals surface area contributed by atoms with Gasteiger partial charge in [0.1, 0.15) is 78.9 Å². The number of nitriles is 2. The minimum absolute atomic E-state index is 0.00622. The Morgan fingerprint density at radius 2 is 0.961 bits per heavy atom. The third-order valence-electron chi connectivity index (χ3n) is 17.3. The van der Waals surface area contributed by atoms with Crippen molar-refractivity contribution in [2.45, 2.75) is 78.2 Å². The number of nitrogens with zero attached hydrogens (tertiary/aromatic N) is 5. The van der Waals surface area contributed by atoms with Crippen LogP contribution in [0, 0.1) is 50.4 Å². The van der Waals surface area contributed by atoms with Crippen molar-refractivity contribution in [2.75, 3.05) is 52.6 Å². The van der Waals surface area contributed by atoms with E-state index in [0.29, 0.717) is 82.2 Å². The summed E-state index contributed by atoms with van der Waals surface area (Å²) in [6.07, 6.45) is 5.81. The molecule has 0 fully saturated rings. The molecule has 3 heterocycles. The Balaban J connectivity index is 0.000000223. The van der Waals surface area contributed by atoms with E-state index in [1.165, 1.54) is 18.5 Å². The molecule has 103 heavy (non-hydrogen) atoms. The Hall–Kier alpha value is -10.7. The maximum absolute atomic E-state index is 11.8. The summed E-state index contributed by atoms with van der Waals surface area (Å²) in [6.45, 7) is 10.8. The van der Waals surface area contributed by atoms with Crippen molar-refractivity contribution in [1.82, 2.24) is 15.3 Å². The van der Waals surface area contributed by atoms with Gasteiger partial charge in [0, 0.05) is 79.5 Å². The second kappa shape index (κ2) is 38.4. The van der Waals surface area contributed by atoms with Crippen molar-refractivity contribution < 1.29 is 53.6 Å². The van der Waals surface area contributed by atoms with Gasteiger partial charge in [0.25, 0.3) is 0 Å². The molecule has 19 nitrogen and oxygen atoms in total. The molecule has 530 valence electrons. The molecular weight excluding hydrogens is 1340 g/mol. The smallest absolute Gasteiger partial charge is 0.153 e. The molecule has 0 bridgehead atoms. The first-order valence-corrected chi connectivity index (χ1v) is 34.1. The number of aromatic nitrogens is 2. The van der Waals surface area contributed by atoms with Crippen LogP contribution in [0.1, 0.15) is 94.5 Å². The molecule has 1 aliphatic heterocycles. The van der Waals surface area contributed by atoms with Gasteiger partial charge in [-0.25, -0.2) is 0 Å². The SMILES string of the molecule is Cc1c(COc2cc(OCc3cncc(C#N)c3)c(C3=NCC(O)CN3)cc2Cl)cccc1-c1cccc(OCC(CO)c2ccccc2)c1C.Cc1c(COc2cc(OCc3cncc(C#N)c3)c(C=O)cc2Cl)cccc1-c1cccc(OCC(CO)c2ccccc2)c1C.NCC(O)CN. The van der Waals surface area contributed by atoms with Crippen LogP contribution in [-0.4, -0.2) is 107 Å². The lowest BCUT2D eigenvalue weighted by Crippen LogP contribution is -2.39. The Morgan fingerprint density at radius 3 is 1.39 bits per heavy atom. The summed E-state index contributed by atoms with van der Waals surface area (Å²) >= 11 is 13.3. The number of rotatable bonds is 28. The van der Waals surface area contributed by atoms with Gasteiger partial charge in [0.2, 0.25) is 0 Å². The highest BCUT2D eigenvalue weighted by atomic mass is 35.5. The minimum atomic E-state index is -0.577. The fourth-order valence-electron chi connectivity index (χ4n) is 11.3. The molecular formula is C82H82Cl2N8O11. The van der Waals surface area contributed by atoms with Crippen LogP contribution in [-0.2, 0) is 26.4 Å². The van der Waals surface area contributed by atoms with E-state index in [1.54, 1.807) is 42.7 Å². The van der Waals surface area contributed by atoms with Gasteiger partial charge in [0.05, 0.1) is 77.5 Å². The topological polar surface area (TPSA) is 303 Å². The largest absolute Gasteiger partial charge is 0.493 e. The summed E-state index contributed by atoms with van der Waals surface area (Å²) in [4.78, 5) is 24.4. The summed E-state index contributed by atoms with van der Waals surface area (Å²) in [5, 5.41) is 60.6. The average Bonchev–Trinajstić information content (AvgIpc) is 0.810. The number of hydrogen-bond donors (Lipinski definition) is 7. The quantitative estimate of drug-likeness (QED) is 0.0224. The number of amidine groups is 1. The second-order valence-electron chi connectivity index (χ2n) is 24.3. The minimum Gasteiger partial charge on any atom is -0.493 e. The molecule has 8 aromatic carbocycles. The lowest BCUT2D eigenvalue weighted by atomic mass is 9.93. The summed E-state index contributed by atoms with van der Waals surface area (Å²) in [5.41, 5.74) is 25.4. The second-order valence-corrected chi connectivity index (χ2v) is 25.2. The monoisotopic (exact) mass is 1420 g/mol. The highest BCUT2D eigenvalue weighted by Crippen LogP contribution is 2.40. The Labute approximate surface area is 610 Å². The summed E-state index contributed by atoms with van der Waals surface area (Å²) < 4.78 is 37.2. The first-order valence-electron chi connectivity index (χ1n) is 33.4. The van der Waals surface area contributed by atoms with Crippen LogP contribution in [0.15, 0.2) is 200 Å². The van der Waals surface area contributed by atoms with E-state index in [0.717, 1.165) is 83.8 Å². The van der Waals surface area contributed by atoms with Gasteiger partial charge in [-0.15, -0.1) is 0 Å². The fraction of sp³-hybridized carbons (Fsp3) is 0.244. The van der Waals surface area contributed by atoms with Crippen molar-refractivity contribution in [3.8, 4) is 68.9 Å². The number of aldehydes is 1. The number of benzene rings is 8. The van der Waals surface area contributed by atoms with Crippen LogP contribution in [0.2, 0.25) is 10.0 Å². The van der Waals surface area contributed by atoms with E-state index in [2.05, 4.69) is 63.6 Å². The predicted octanol–water partition coefficient (Wildman–Crippen LogP) is 13.2. The molecule has 11 rings (SSSR count). The molecule has 0 saturated carbocycles. The molecule has 3 atom stereocenters. The molecule has 0 aliphatic carbocycles. The number of β-amino-alcohol motifs (C(OH)–C–C–N with tert-alkyl or cyclic N) is 1. The molecule has 0 amide bonds. The van der Waals surface area contributed by atoms with Gasteiger partial charge in [-0.1, -0.05) is 145 Å². The third kappa shape index (κ3) is 20.8. The zero-order chi connectivity index (χ0) is 73.2. The molecule has 10 aromatic rings. The molecule has 21 heteroatoms. The number of aliphatic hydroxyl groups is 4. The highest BCUT2D eigenvalue weighted by molar-refractivity contribution is 6.33. The number of nitrogens with two attached hydrogens (primary N) is 2. The number of ether oxygens (including phenoxy) is 6. The highest BCUT2D eigenvalue weighted by Gasteiger charge is 2.23. The Kier molecular flexibility index (Phi) is 28.5. The van der Waals surface area contributed by atoms with Gasteiger partial charge < -0.3 is 65.6 Å². The van der Waals surface area contributed by atoms with Crippen LogP contribution < -0.4 is 45.2 Å². The maximum atomic E-state index is 11.8. The molecule has 1 aliphatic rings. The molecule has 0 saturated heterocycles. The van der Waals surface area contributed by atoms with Crippen LogP contribution >= 0.6 is 23.2 Å².